The molecule has 3 rings (SSSR count). The number of aromatic nitrogens is 3. The molecular formula is C19H17N3O2S. The number of pyridine rings is 1. The summed E-state index contributed by atoms with van der Waals surface area (Å²) in [4.78, 5) is 4.27. The molecule has 0 fully saturated rings. The Balaban J connectivity index is 1.60. The molecule has 0 aliphatic rings. The van der Waals surface area contributed by atoms with Crippen LogP contribution in [0.3, 0.4) is 0 Å². The topological polar surface area (TPSA) is 61.0 Å². The summed E-state index contributed by atoms with van der Waals surface area (Å²) in [6.07, 6.45) is 8.54. The van der Waals surface area contributed by atoms with Gasteiger partial charge in [0.2, 0.25) is 5.89 Å². The lowest BCUT2D eigenvalue weighted by atomic mass is 10.2. The van der Waals surface area contributed by atoms with Crippen molar-refractivity contribution < 1.29 is 9.15 Å². The van der Waals surface area contributed by atoms with E-state index in [1.165, 1.54) is 11.8 Å². The minimum absolute atomic E-state index is 0.470. The highest BCUT2D eigenvalue weighted by molar-refractivity contribution is 7.98. The van der Waals surface area contributed by atoms with Crippen LogP contribution in [0.5, 0.6) is 5.75 Å². The average molecular weight is 351 g/mol. The van der Waals surface area contributed by atoms with Crippen LogP contribution in [0.1, 0.15) is 18.5 Å². The lowest BCUT2D eigenvalue weighted by molar-refractivity contribution is 0.313. The van der Waals surface area contributed by atoms with E-state index in [2.05, 4.69) is 21.1 Å². The van der Waals surface area contributed by atoms with E-state index in [-0.39, 0.29) is 0 Å². The number of nitrogens with zero attached hydrogens (tertiary/aromatic N) is 3. The summed E-state index contributed by atoms with van der Waals surface area (Å²) < 4.78 is 11.4. The predicted molar refractivity (Wildman–Crippen MR) is 97.1 cm³/mol. The van der Waals surface area contributed by atoms with E-state index >= 15 is 0 Å². The maximum atomic E-state index is 5.72. The molecule has 0 unspecified atom stereocenters. The largest absolute Gasteiger partial charge is 0.494 e. The van der Waals surface area contributed by atoms with Gasteiger partial charge < -0.3 is 9.15 Å². The molecule has 0 saturated heterocycles. The quantitative estimate of drug-likeness (QED) is 0.344. The Kier molecular flexibility index (Phi) is 6.07. The van der Waals surface area contributed by atoms with E-state index < -0.39 is 0 Å². The van der Waals surface area contributed by atoms with Gasteiger partial charge in [-0.05, 0) is 36.8 Å². The second kappa shape index (κ2) is 8.90. The fourth-order valence-corrected chi connectivity index (χ4v) is 2.77. The summed E-state index contributed by atoms with van der Waals surface area (Å²) in [7, 11) is 0. The first kappa shape index (κ1) is 17.1. The van der Waals surface area contributed by atoms with E-state index in [0.29, 0.717) is 29.9 Å². The van der Waals surface area contributed by atoms with Crippen molar-refractivity contribution in [3.63, 3.8) is 0 Å². The number of hydrogen-bond acceptors (Lipinski definition) is 6. The van der Waals surface area contributed by atoms with Crippen LogP contribution in [0, 0.1) is 12.3 Å². The molecule has 0 radical (unpaired) electrons. The molecule has 0 spiro atoms. The zero-order valence-electron chi connectivity index (χ0n) is 13.6. The summed E-state index contributed by atoms with van der Waals surface area (Å²) >= 11 is 1.46. The second-order valence-corrected chi connectivity index (χ2v) is 6.09. The first-order valence-corrected chi connectivity index (χ1v) is 8.86. The number of unbranched alkanes of at least 4 members (excludes halogenated alkanes) is 1. The molecule has 0 aliphatic carbocycles. The Morgan fingerprint density at radius 2 is 2.12 bits per heavy atom. The van der Waals surface area contributed by atoms with Gasteiger partial charge in [-0.25, -0.2) is 0 Å². The molecule has 0 atom stereocenters. The number of terminal acetylenes is 1. The van der Waals surface area contributed by atoms with Gasteiger partial charge >= 0.3 is 0 Å². The maximum Gasteiger partial charge on any atom is 0.277 e. The van der Waals surface area contributed by atoms with Gasteiger partial charge in [-0.3, -0.25) is 4.98 Å². The monoisotopic (exact) mass is 351 g/mol. The van der Waals surface area contributed by atoms with Gasteiger partial charge in [-0.15, -0.1) is 22.5 Å². The molecule has 0 bridgehead atoms. The molecule has 3 aromatic rings. The Morgan fingerprint density at radius 3 is 2.96 bits per heavy atom. The molecule has 1 aromatic carbocycles. The van der Waals surface area contributed by atoms with Crippen molar-refractivity contribution in [3.8, 4) is 29.5 Å². The highest BCUT2D eigenvalue weighted by Crippen LogP contribution is 2.27. The van der Waals surface area contributed by atoms with Crippen LogP contribution in [0.15, 0.2) is 58.3 Å². The highest BCUT2D eigenvalue weighted by atomic mass is 32.2. The van der Waals surface area contributed by atoms with Crippen molar-refractivity contribution in [1.82, 2.24) is 15.2 Å². The van der Waals surface area contributed by atoms with E-state index in [9.17, 15) is 0 Å². The van der Waals surface area contributed by atoms with Crippen molar-refractivity contribution in [2.24, 2.45) is 0 Å². The first-order chi connectivity index (χ1) is 12.3. The number of ether oxygens (including phenoxy) is 1. The van der Waals surface area contributed by atoms with Gasteiger partial charge in [0.15, 0.2) is 0 Å². The van der Waals surface area contributed by atoms with Crippen molar-refractivity contribution in [2.45, 2.75) is 23.8 Å². The average Bonchev–Trinajstić information content (AvgIpc) is 3.14. The number of rotatable bonds is 8. The third-order valence-corrected chi connectivity index (χ3v) is 4.14. The van der Waals surface area contributed by atoms with Gasteiger partial charge in [-0.2, -0.15) is 0 Å². The molecular weight excluding hydrogens is 334 g/mol. The van der Waals surface area contributed by atoms with Gasteiger partial charge in [0.25, 0.3) is 5.22 Å². The van der Waals surface area contributed by atoms with E-state index in [1.807, 2.05) is 42.5 Å². The Labute approximate surface area is 150 Å². The molecule has 6 heteroatoms. The lowest BCUT2D eigenvalue weighted by Gasteiger charge is -2.05. The fraction of sp³-hybridized carbons (Fsp3) is 0.211. The molecule has 126 valence electrons. The van der Waals surface area contributed by atoms with Gasteiger partial charge in [0.1, 0.15) is 5.75 Å². The second-order valence-electron chi connectivity index (χ2n) is 5.17. The Hall–Kier alpha value is -2.78. The summed E-state index contributed by atoms with van der Waals surface area (Å²) in [5.74, 6) is 4.51. The van der Waals surface area contributed by atoms with E-state index in [0.717, 1.165) is 23.4 Å². The number of hydrogen-bond donors (Lipinski definition) is 0. The third kappa shape index (κ3) is 5.10. The zero-order valence-corrected chi connectivity index (χ0v) is 14.4. The fourth-order valence-electron chi connectivity index (χ4n) is 2.09. The molecule has 2 heterocycles. The standard InChI is InChI=1S/C19H17N3O2S/c1-2-3-6-12-23-17-10-7-8-15(13-17)18-21-22-19(24-18)25-14-16-9-4-5-11-20-16/h1,4-5,7-11,13H,3,6,12,14H2. The van der Waals surface area contributed by atoms with Crippen LogP contribution in [0.2, 0.25) is 0 Å². The predicted octanol–water partition coefficient (Wildman–Crippen LogP) is 4.22. The molecule has 0 aliphatic heterocycles. The van der Waals surface area contributed by atoms with Gasteiger partial charge in [-0.1, -0.05) is 23.9 Å². The first-order valence-electron chi connectivity index (χ1n) is 7.88. The summed E-state index contributed by atoms with van der Waals surface area (Å²) in [6.45, 7) is 0.586. The molecule has 25 heavy (non-hydrogen) atoms. The molecule has 0 saturated carbocycles. The van der Waals surface area contributed by atoms with Crippen molar-refractivity contribution in [2.75, 3.05) is 6.61 Å². The van der Waals surface area contributed by atoms with Crippen molar-refractivity contribution in [1.29, 1.82) is 0 Å². The molecule has 0 N–H and O–H groups in total. The normalized spacial score (nSPS) is 10.4. The lowest BCUT2D eigenvalue weighted by Crippen LogP contribution is -1.96. The molecule has 2 aromatic heterocycles. The van der Waals surface area contributed by atoms with Crippen LogP contribution < -0.4 is 4.74 Å². The van der Waals surface area contributed by atoms with Crippen LogP contribution in [-0.2, 0) is 5.75 Å². The smallest absolute Gasteiger partial charge is 0.277 e. The van der Waals surface area contributed by atoms with Crippen molar-refractivity contribution in [3.05, 3.63) is 54.4 Å². The SMILES string of the molecule is C#CCCCOc1cccc(-c2nnc(SCc3ccccn3)o2)c1. The molecule has 5 nitrogen and oxygen atoms in total. The van der Waals surface area contributed by atoms with Gasteiger partial charge in [0, 0.05) is 23.9 Å². The summed E-state index contributed by atoms with van der Waals surface area (Å²) in [5.41, 5.74) is 1.79. The van der Waals surface area contributed by atoms with Crippen molar-refractivity contribution >= 4 is 11.8 Å². The minimum Gasteiger partial charge on any atom is -0.494 e. The maximum absolute atomic E-state index is 5.72. The van der Waals surface area contributed by atoms with Crippen LogP contribution in [0.4, 0.5) is 0 Å². The Morgan fingerprint density at radius 1 is 1.16 bits per heavy atom. The molecule has 0 amide bonds. The van der Waals surface area contributed by atoms with Crippen LogP contribution >= 0.6 is 11.8 Å². The number of thioether (sulfide) groups is 1. The van der Waals surface area contributed by atoms with Crippen LogP contribution in [0.25, 0.3) is 11.5 Å². The summed E-state index contributed by atoms with van der Waals surface area (Å²) in [5, 5.41) is 8.70. The number of benzene rings is 1. The Bertz CT molecular complexity index is 843. The minimum atomic E-state index is 0.470. The van der Waals surface area contributed by atoms with Crippen LogP contribution in [-0.4, -0.2) is 21.8 Å². The zero-order chi connectivity index (χ0) is 17.3. The summed E-state index contributed by atoms with van der Waals surface area (Å²) in [6, 6.07) is 13.4. The van der Waals surface area contributed by atoms with E-state index in [1.54, 1.807) is 6.20 Å². The highest BCUT2D eigenvalue weighted by Gasteiger charge is 2.10. The van der Waals surface area contributed by atoms with Gasteiger partial charge in [0.05, 0.1) is 12.3 Å². The third-order valence-electron chi connectivity index (χ3n) is 3.29. The van der Waals surface area contributed by atoms with E-state index in [4.69, 9.17) is 15.6 Å².